The van der Waals surface area contributed by atoms with Crippen molar-refractivity contribution in [1.29, 1.82) is 0 Å². The van der Waals surface area contributed by atoms with Gasteiger partial charge in [0.05, 0.1) is 37.8 Å². The van der Waals surface area contributed by atoms with Crippen LogP contribution in [0.15, 0.2) is 66.7 Å². The van der Waals surface area contributed by atoms with Gasteiger partial charge in [0.25, 0.3) is 0 Å². The molecule has 4 rings (SSSR count). The van der Waals surface area contributed by atoms with Crippen LogP contribution in [-0.2, 0) is 20.7 Å². The summed E-state index contributed by atoms with van der Waals surface area (Å²) in [5.41, 5.74) is 1.95. The maximum absolute atomic E-state index is 12.9. The number of aromatic nitrogens is 1. The minimum absolute atomic E-state index is 0.0627. The molecule has 36 heavy (non-hydrogen) atoms. The second-order valence-electron chi connectivity index (χ2n) is 8.34. The monoisotopic (exact) mass is 489 g/mol. The highest BCUT2D eigenvalue weighted by molar-refractivity contribution is 6.07. The highest BCUT2D eigenvalue weighted by Gasteiger charge is 2.26. The van der Waals surface area contributed by atoms with E-state index in [1.54, 1.807) is 47.0 Å². The molecule has 0 fully saturated rings. The van der Waals surface area contributed by atoms with Gasteiger partial charge in [-0.3, -0.25) is 4.79 Å². The first-order valence-corrected chi connectivity index (χ1v) is 11.4. The summed E-state index contributed by atoms with van der Waals surface area (Å²) in [6.07, 6.45) is -0.1000. The van der Waals surface area contributed by atoms with Gasteiger partial charge in [0.15, 0.2) is 0 Å². The lowest BCUT2D eigenvalue weighted by Gasteiger charge is -2.12. The molecule has 4 aromatic rings. The highest BCUT2D eigenvalue weighted by Crippen LogP contribution is 2.35. The van der Waals surface area contributed by atoms with E-state index in [4.69, 9.17) is 18.9 Å². The number of benzene rings is 3. The summed E-state index contributed by atoms with van der Waals surface area (Å²) in [4.78, 5) is 25.2. The normalized spacial score (nSPS) is 10.9. The van der Waals surface area contributed by atoms with Crippen LogP contribution in [0.1, 0.15) is 29.9 Å². The van der Waals surface area contributed by atoms with E-state index in [9.17, 15) is 14.7 Å². The van der Waals surface area contributed by atoms with Crippen LogP contribution in [0, 0.1) is 0 Å². The Kier molecular flexibility index (Phi) is 7.15. The molecule has 186 valence electrons. The predicted octanol–water partition coefficient (Wildman–Crippen LogP) is 5.42. The molecule has 3 aromatic carbocycles. The first-order chi connectivity index (χ1) is 17.3. The smallest absolute Gasteiger partial charge is 0.340 e. The molecule has 0 atom stereocenters. The minimum Gasteiger partial charge on any atom is -0.508 e. The molecule has 1 aromatic heterocycles. The van der Waals surface area contributed by atoms with Gasteiger partial charge in [0, 0.05) is 16.8 Å². The van der Waals surface area contributed by atoms with E-state index in [0.717, 1.165) is 5.75 Å². The Morgan fingerprint density at radius 1 is 0.861 bits per heavy atom. The fourth-order valence-corrected chi connectivity index (χ4v) is 3.98. The summed E-state index contributed by atoms with van der Waals surface area (Å²) >= 11 is 0. The second-order valence-corrected chi connectivity index (χ2v) is 8.34. The largest absolute Gasteiger partial charge is 0.508 e. The van der Waals surface area contributed by atoms with E-state index in [1.807, 2.05) is 26.0 Å². The number of esters is 2. The van der Waals surface area contributed by atoms with E-state index in [1.165, 1.54) is 26.4 Å². The van der Waals surface area contributed by atoms with Crippen molar-refractivity contribution in [3.8, 4) is 28.7 Å². The van der Waals surface area contributed by atoms with E-state index >= 15 is 0 Å². The number of carbonyl (C=O) groups excluding carboxylic acids is 2. The first kappa shape index (κ1) is 24.7. The summed E-state index contributed by atoms with van der Waals surface area (Å²) < 4.78 is 23.5. The molecule has 8 nitrogen and oxygen atoms in total. The lowest BCUT2D eigenvalue weighted by atomic mass is 10.1. The van der Waals surface area contributed by atoms with E-state index in [-0.39, 0.29) is 23.8 Å². The molecule has 1 N–H and O–H groups in total. The van der Waals surface area contributed by atoms with Crippen molar-refractivity contribution < 1.29 is 33.6 Å². The van der Waals surface area contributed by atoms with Crippen LogP contribution in [0.2, 0.25) is 0 Å². The third kappa shape index (κ3) is 5.12. The van der Waals surface area contributed by atoms with Gasteiger partial charge in [-0.05, 0) is 80.6 Å². The van der Waals surface area contributed by atoms with Gasteiger partial charge in [0.2, 0.25) is 0 Å². The average Bonchev–Trinajstić information content (AvgIpc) is 3.17. The Morgan fingerprint density at radius 3 is 2.11 bits per heavy atom. The van der Waals surface area contributed by atoms with Crippen LogP contribution in [0.25, 0.3) is 16.6 Å². The topological polar surface area (TPSA) is 96.2 Å². The molecule has 0 spiro atoms. The number of hydrogen-bond acceptors (Lipinski definition) is 7. The summed E-state index contributed by atoms with van der Waals surface area (Å²) in [5, 5.41) is 10.3. The Hall–Kier alpha value is -4.46. The maximum Gasteiger partial charge on any atom is 0.340 e. The molecule has 8 heteroatoms. The third-order valence-corrected chi connectivity index (χ3v) is 5.50. The molecule has 0 aliphatic carbocycles. The van der Waals surface area contributed by atoms with Gasteiger partial charge in [-0.1, -0.05) is 0 Å². The van der Waals surface area contributed by atoms with E-state index < -0.39 is 11.9 Å². The number of phenols is 1. The van der Waals surface area contributed by atoms with Crippen LogP contribution in [0.4, 0.5) is 0 Å². The Balaban J connectivity index is 1.84. The van der Waals surface area contributed by atoms with Crippen molar-refractivity contribution in [2.75, 3.05) is 14.2 Å². The summed E-state index contributed by atoms with van der Waals surface area (Å²) in [7, 11) is 2.58. The quantitative estimate of drug-likeness (QED) is 0.330. The molecular formula is C28H27NO7. The molecular weight excluding hydrogens is 462 g/mol. The summed E-state index contributed by atoms with van der Waals surface area (Å²) in [5.74, 6) is 0.819. The molecule has 0 aliphatic heterocycles. The van der Waals surface area contributed by atoms with Crippen LogP contribution in [0.5, 0.6) is 23.0 Å². The van der Waals surface area contributed by atoms with Crippen molar-refractivity contribution in [3.05, 3.63) is 78.0 Å². The number of aromatic hydroxyl groups is 1. The number of nitrogens with zero attached hydrogens (tertiary/aromatic N) is 1. The SMILES string of the molecule is COC(=O)Cc1c(C(=O)OC)c2cc(Oc3ccc(OC(C)C)cc3)ccc2n1-c1ccc(O)cc1. The van der Waals surface area contributed by atoms with Gasteiger partial charge in [-0.25, -0.2) is 4.79 Å². The first-order valence-electron chi connectivity index (χ1n) is 11.4. The van der Waals surface area contributed by atoms with E-state index in [2.05, 4.69) is 0 Å². The van der Waals surface area contributed by atoms with Gasteiger partial charge in [-0.2, -0.15) is 0 Å². The van der Waals surface area contributed by atoms with Crippen molar-refractivity contribution in [2.24, 2.45) is 0 Å². The molecule has 0 aliphatic rings. The lowest BCUT2D eigenvalue weighted by Crippen LogP contribution is -2.13. The third-order valence-electron chi connectivity index (χ3n) is 5.50. The number of rotatable bonds is 8. The maximum atomic E-state index is 12.9. The summed E-state index contributed by atoms with van der Waals surface area (Å²) in [6, 6.07) is 19.0. The Morgan fingerprint density at radius 2 is 1.50 bits per heavy atom. The molecule has 1 heterocycles. The fraction of sp³-hybridized carbons (Fsp3) is 0.214. The van der Waals surface area contributed by atoms with E-state index in [0.29, 0.717) is 33.8 Å². The zero-order valence-electron chi connectivity index (χ0n) is 20.5. The zero-order valence-corrected chi connectivity index (χ0v) is 20.5. The number of fused-ring (bicyclic) bond motifs is 1. The van der Waals surface area contributed by atoms with Crippen molar-refractivity contribution in [1.82, 2.24) is 4.57 Å². The molecule has 0 saturated heterocycles. The number of phenolic OH excluding ortho intramolecular Hbond substituents is 1. The number of hydrogen-bond donors (Lipinski definition) is 1. The minimum atomic E-state index is -0.594. The number of methoxy groups -OCH3 is 2. The lowest BCUT2D eigenvalue weighted by molar-refractivity contribution is -0.139. The highest BCUT2D eigenvalue weighted by atomic mass is 16.5. The Labute approximate surface area is 208 Å². The average molecular weight is 490 g/mol. The van der Waals surface area contributed by atoms with Crippen LogP contribution in [-0.4, -0.2) is 41.9 Å². The van der Waals surface area contributed by atoms with Crippen LogP contribution in [0.3, 0.4) is 0 Å². The van der Waals surface area contributed by atoms with Gasteiger partial charge in [0.1, 0.15) is 23.0 Å². The second kappa shape index (κ2) is 10.4. The number of carbonyl (C=O) groups is 2. The van der Waals surface area contributed by atoms with Crippen LogP contribution >= 0.6 is 0 Å². The van der Waals surface area contributed by atoms with Crippen LogP contribution < -0.4 is 9.47 Å². The predicted molar refractivity (Wildman–Crippen MR) is 134 cm³/mol. The molecule has 0 unspecified atom stereocenters. The molecule has 0 radical (unpaired) electrons. The zero-order chi connectivity index (χ0) is 25.8. The van der Waals surface area contributed by atoms with Crippen molar-refractivity contribution in [2.45, 2.75) is 26.4 Å². The van der Waals surface area contributed by atoms with Gasteiger partial charge < -0.3 is 28.6 Å². The van der Waals surface area contributed by atoms with Crippen molar-refractivity contribution >= 4 is 22.8 Å². The Bertz CT molecular complexity index is 1390. The molecule has 0 saturated carbocycles. The molecule has 0 bridgehead atoms. The van der Waals surface area contributed by atoms with Crippen molar-refractivity contribution in [3.63, 3.8) is 0 Å². The van der Waals surface area contributed by atoms with Gasteiger partial charge in [-0.15, -0.1) is 0 Å². The van der Waals surface area contributed by atoms with Gasteiger partial charge >= 0.3 is 11.9 Å². The summed E-state index contributed by atoms with van der Waals surface area (Å²) in [6.45, 7) is 3.91. The number of ether oxygens (including phenoxy) is 4. The fourth-order valence-electron chi connectivity index (χ4n) is 3.98. The molecule has 0 amide bonds. The standard InChI is InChI=1S/C28H27NO7/c1-17(2)35-20-9-11-21(12-10-20)36-22-13-14-24-23(15-22)27(28(32)34-4)25(16-26(31)33-3)29(24)18-5-7-19(30)8-6-18/h5-15,17,30H,16H2,1-4H3.